The van der Waals surface area contributed by atoms with E-state index in [1.54, 1.807) is 4.68 Å². The molecule has 1 aromatic heterocycles. The third-order valence-corrected chi connectivity index (χ3v) is 5.38. The molecule has 0 saturated heterocycles. The van der Waals surface area contributed by atoms with E-state index in [1.807, 2.05) is 65.0 Å². The van der Waals surface area contributed by atoms with Crippen molar-refractivity contribution in [3.63, 3.8) is 0 Å². The van der Waals surface area contributed by atoms with Crippen molar-refractivity contribution in [3.05, 3.63) is 64.2 Å². The Balaban J connectivity index is 1.88. The molecular weight excluding hydrogens is 344 g/mol. The van der Waals surface area contributed by atoms with E-state index in [0.717, 1.165) is 33.5 Å². The average Bonchev–Trinajstić information content (AvgIpc) is 3.06. The Bertz CT molecular complexity index is 964. The standard InChI is InChI=1S/C20H22N4OS/c1-12-6-8-14(3)17(10-12)19(25)16(5)26-20-21-22-23-24(20)18-11-13(2)7-9-15(18)4/h6-11,16H,1-5H3/t16-/m0/s1. The predicted molar refractivity (Wildman–Crippen MR) is 104 cm³/mol. The topological polar surface area (TPSA) is 60.7 Å². The average molecular weight is 366 g/mol. The van der Waals surface area contributed by atoms with Gasteiger partial charge in [0.25, 0.3) is 0 Å². The molecule has 1 heterocycles. The first kappa shape index (κ1) is 18.3. The fraction of sp³-hybridized carbons (Fsp3) is 0.300. The molecule has 134 valence electrons. The van der Waals surface area contributed by atoms with E-state index >= 15 is 0 Å². The van der Waals surface area contributed by atoms with Crippen LogP contribution in [0.2, 0.25) is 0 Å². The Hall–Kier alpha value is -2.47. The van der Waals surface area contributed by atoms with Crippen LogP contribution in [0.1, 0.15) is 39.5 Å². The molecule has 2 aromatic carbocycles. The number of ketones is 1. The number of carbonyl (C=O) groups excluding carboxylic acids is 1. The molecule has 6 heteroatoms. The van der Waals surface area contributed by atoms with Gasteiger partial charge in [-0.25, -0.2) is 0 Å². The molecule has 26 heavy (non-hydrogen) atoms. The number of aromatic nitrogens is 4. The summed E-state index contributed by atoms with van der Waals surface area (Å²) in [5.41, 5.74) is 5.98. The van der Waals surface area contributed by atoms with Gasteiger partial charge in [-0.15, -0.1) is 5.10 Å². The quantitative estimate of drug-likeness (QED) is 0.499. The summed E-state index contributed by atoms with van der Waals surface area (Å²) in [4.78, 5) is 12.9. The highest BCUT2D eigenvalue weighted by Crippen LogP contribution is 2.27. The maximum absolute atomic E-state index is 12.9. The van der Waals surface area contributed by atoms with Crippen LogP contribution >= 0.6 is 11.8 Å². The second-order valence-electron chi connectivity index (χ2n) is 6.61. The minimum atomic E-state index is -0.287. The van der Waals surface area contributed by atoms with Gasteiger partial charge in [0, 0.05) is 5.56 Å². The van der Waals surface area contributed by atoms with Gasteiger partial charge in [0.2, 0.25) is 5.16 Å². The zero-order valence-electron chi connectivity index (χ0n) is 15.6. The summed E-state index contributed by atoms with van der Waals surface area (Å²) in [6.07, 6.45) is 0. The molecule has 0 aliphatic rings. The highest BCUT2D eigenvalue weighted by molar-refractivity contribution is 8.00. The van der Waals surface area contributed by atoms with Gasteiger partial charge in [-0.3, -0.25) is 4.79 Å². The first-order chi connectivity index (χ1) is 12.4. The lowest BCUT2D eigenvalue weighted by atomic mass is 10.0. The van der Waals surface area contributed by atoms with Crippen molar-refractivity contribution in [1.82, 2.24) is 20.2 Å². The Kier molecular flexibility index (Phi) is 5.23. The van der Waals surface area contributed by atoms with E-state index in [4.69, 9.17) is 0 Å². The zero-order valence-corrected chi connectivity index (χ0v) is 16.5. The van der Waals surface area contributed by atoms with Crippen molar-refractivity contribution in [2.24, 2.45) is 0 Å². The molecule has 0 bridgehead atoms. The second-order valence-corrected chi connectivity index (χ2v) is 7.91. The fourth-order valence-corrected chi connectivity index (χ4v) is 3.65. The summed E-state index contributed by atoms with van der Waals surface area (Å²) in [6.45, 7) is 9.92. The number of nitrogens with zero attached hydrogens (tertiary/aromatic N) is 4. The molecular formula is C20H22N4OS. The third-order valence-electron chi connectivity index (χ3n) is 4.34. The van der Waals surface area contributed by atoms with E-state index in [-0.39, 0.29) is 11.0 Å². The molecule has 3 rings (SSSR count). The van der Waals surface area contributed by atoms with E-state index in [9.17, 15) is 4.79 Å². The van der Waals surface area contributed by atoms with Crippen molar-refractivity contribution in [3.8, 4) is 5.69 Å². The molecule has 0 unspecified atom stereocenters. The molecule has 0 saturated carbocycles. The first-order valence-electron chi connectivity index (χ1n) is 8.51. The number of hydrogen-bond donors (Lipinski definition) is 0. The Morgan fingerprint density at radius 3 is 2.38 bits per heavy atom. The minimum absolute atomic E-state index is 0.0896. The zero-order chi connectivity index (χ0) is 18.8. The van der Waals surface area contributed by atoms with Gasteiger partial charge < -0.3 is 0 Å². The molecule has 5 nitrogen and oxygen atoms in total. The van der Waals surface area contributed by atoms with Gasteiger partial charge in [-0.2, -0.15) is 4.68 Å². The number of rotatable bonds is 5. The number of Topliss-reactive ketones (excluding diaryl/α,β-unsaturated/α-hetero) is 1. The van der Waals surface area contributed by atoms with Crippen LogP contribution < -0.4 is 0 Å². The lowest BCUT2D eigenvalue weighted by Crippen LogP contribution is -2.16. The highest BCUT2D eigenvalue weighted by atomic mass is 32.2. The van der Waals surface area contributed by atoms with Crippen LogP contribution in [0.3, 0.4) is 0 Å². The Morgan fingerprint density at radius 2 is 1.65 bits per heavy atom. The van der Waals surface area contributed by atoms with Crippen LogP contribution in [0.4, 0.5) is 0 Å². The van der Waals surface area contributed by atoms with Crippen molar-refractivity contribution in [1.29, 1.82) is 0 Å². The Labute approximate surface area is 157 Å². The van der Waals surface area contributed by atoms with Crippen LogP contribution in [0, 0.1) is 27.7 Å². The van der Waals surface area contributed by atoms with Crippen LogP contribution in [-0.4, -0.2) is 31.2 Å². The minimum Gasteiger partial charge on any atom is -0.293 e. The largest absolute Gasteiger partial charge is 0.293 e. The number of carbonyl (C=O) groups is 1. The molecule has 3 aromatic rings. The summed E-state index contributed by atoms with van der Waals surface area (Å²) < 4.78 is 1.71. The molecule has 0 aliphatic heterocycles. The molecule has 0 amide bonds. The monoisotopic (exact) mass is 366 g/mol. The fourth-order valence-electron chi connectivity index (χ4n) is 2.78. The van der Waals surface area contributed by atoms with Gasteiger partial charge in [-0.1, -0.05) is 41.6 Å². The molecule has 1 atom stereocenters. The first-order valence-corrected chi connectivity index (χ1v) is 9.39. The lowest BCUT2D eigenvalue weighted by molar-refractivity contribution is 0.0993. The number of thioether (sulfide) groups is 1. The van der Waals surface area contributed by atoms with Gasteiger partial charge in [0.05, 0.1) is 10.9 Å². The van der Waals surface area contributed by atoms with Gasteiger partial charge >= 0.3 is 0 Å². The van der Waals surface area contributed by atoms with E-state index < -0.39 is 0 Å². The summed E-state index contributed by atoms with van der Waals surface area (Å²) in [5, 5.41) is 12.4. The van der Waals surface area contributed by atoms with E-state index in [2.05, 4.69) is 21.6 Å². The third kappa shape index (κ3) is 3.70. The summed E-state index contributed by atoms with van der Waals surface area (Å²) >= 11 is 1.38. The molecule has 0 spiro atoms. The van der Waals surface area contributed by atoms with E-state index in [1.165, 1.54) is 11.8 Å². The van der Waals surface area contributed by atoms with Crippen LogP contribution in [-0.2, 0) is 0 Å². The second kappa shape index (κ2) is 7.41. The summed E-state index contributed by atoms with van der Waals surface area (Å²) in [5.74, 6) is 0.0896. The van der Waals surface area contributed by atoms with Crippen LogP contribution in [0.5, 0.6) is 0 Å². The number of benzene rings is 2. The SMILES string of the molecule is Cc1ccc(C)c(C(=O)[C@H](C)Sc2nnnn2-c2cc(C)ccc2C)c1. The number of tetrazole rings is 1. The smallest absolute Gasteiger partial charge is 0.214 e. The highest BCUT2D eigenvalue weighted by Gasteiger charge is 2.22. The Morgan fingerprint density at radius 1 is 1.00 bits per heavy atom. The normalized spacial score (nSPS) is 12.2. The van der Waals surface area contributed by atoms with Crippen LogP contribution in [0.25, 0.3) is 5.69 Å². The predicted octanol–water partition coefficient (Wildman–Crippen LogP) is 4.26. The van der Waals surface area contributed by atoms with Crippen molar-refractivity contribution in [2.75, 3.05) is 0 Å². The maximum atomic E-state index is 12.9. The molecule has 0 radical (unpaired) electrons. The summed E-state index contributed by atoms with van der Waals surface area (Å²) in [7, 11) is 0. The van der Waals surface area contributed by atoms with Crippen LogP contribution in [0.15, 0.2) is 41.6 Å². The molecule has 0 fully saturated rings. The van der Waals surface area contributed by atoms with Gasteiger partial charge in [0.1, 0.15) is 0 Å². The maximum Gasteiger partial charge on any atom is 0.214 e. The van der Waals surface area contributed by atoms with Crippen molar-refractivity contribution >= 4 is 17.5 Å². The lowest BCUT2D eigenvalue weighted by Gasteiger charge is -2.13. The van der Waals surface area contributed by atoms with Gasteiger partial charge in [-0.05, 0) is 73.9 Å². The van der Waals surface area contributed by atoms with Gasteiger partial charge in [0.15, 0.2) is 5.78 Å². The van der Waals surface area contributed by atoms with Crippen molar-refractivity contribution in [2.45, 2.75) is 45.0 Å². The number of hydrogen-bond acceptors (Lipinski definition) is 5. The number of aryl methyl sites for hydroxylation is 4. The summed E-state index contributed by atoms with van der Waals surface area (Å²) in [6, 6.07) is 12.1. The molecule has 0 N–H and O–H groups in total. The molecule has 0 aliphatic carbocycles. The van der Waals surface area contributed by atoms with Crippen molar-refractivity contribution < 1.29 is 4.79 Å². The van der Waals surface area contributed by atoms with E-state index in [0.29, 0.717) is 5.16 Å².